The molecule has 0 heterocycles. The molecule has 1 aliphatic carbocycles. The lowest BCUT2D eigenvalue weighted by molar-refractivity contribution is 0.608. The van der Waals surface area contributed by atoms with Gasteiger partial charge in [0.1, 0.15) is 0 Å². The maximum absolute atomic E-state index is 3.67. The molecule has 1 N–H and O–H groups in total. The lowest BCUT2D eigenvalue weighted by atomic mass is 10.0. The average molecular weight is 289 g/mol. The van der Waals surface area contributed by atoms with Crippen LogP contribution in [0, 0.1) is 6.92 Å². The molecule has 0 saturated heterocycles. The molecule has 0 aliphatic heterocycles. The maximum Gasteiger partial charge on any atom is 0.0374 e. The zero-order valence-electron chi connectivity index (χ0n) is 12.8. The Balaban J connectivity index is 1.94. The molecule has 1 aromatic carbocycles. The molecule has 0 fully saturated rings. The first-order chi connectivity index (χ1) is 9.79. The molecule has 0 aromatic heterocycles. The third kappa shape index (κ3) is 4.99. The summed E-state index contributed by atoms with van der Waals surface area (Å²) < 4.78 is 0. The van der Waals surface area contributed by atoms with Crippen molar-refractivity contribution >= 4 is 11.8 Å². The van der Waals surface area contributed by atoms with E-state index < -0.39 is 0 Å². The Morgan fingerprint density at radius 1 is 1.15 bits per heavy atom. The molecule has 0 spiro atoms. The number of rotatable bonds is 6. The topological polar surface area (TPSA) is 12.0 Å². The highest BCUT2D eigenvalue weighted by Gasteiger charge is 2.14. The average Bonchev–Trinajstić information content (AvgIpc) is 2.74. The normalized spacial score (nSPS) is 17.4. The Morgan fingerprint density at radius 2 is 1.95 bits per heavy atom. The van der Waals surface area contributed by atoms with Crippen LogP contribution in [0.25, 0.3) is 0 Å². The Kier molecular flexibility index (Phi) is 6.68. The fourth-order valence-corrected chi connectivity index (χ4v) is 3.73. The van der Waals surface area contributed by atoms with Gasteiger partial charge in [-0.3, -0.25) is 0 Å². The first-order valence-corrected chi connectivity index (χ1v) is 8.90. The summed E-state index contributed by atoms with van der Waals surface area (Å²) in [5.74, 6) is 1.14. The van der Waals surface area contributed by atoms with Crippen molar-refractivity contribution in [1.82, 2.24) is 5.32 Å². The Bertz CT molecular complexity index is 422. The number of allylic oxidation sites excluding steroid dienone is 1. The van der Waals surface area contributed by atoms with E-state index in [9.17, 15) is 0 Å². The molecular formula is C18H27NS. The van der Waals surface area contributed by atoms with Crippen molar-refractivity contribution in [2.45, 2.75) is 56.9 Å². The van der Waals surface area contributed by atoms with E-state index in [1.165, 1.54) is 42.6 Å². The number of thioether (sulfide) groups is 1. The third-order valence-corrected chi connectivity index (χ3v) is 5.02. The van der Waals surface area contributed by atoms with E-state index in [4.69, 9.17) is 0 Å². The SMILES string of the molecule is CCNC(CSc1ccc(C)cc1)C1=CCCCCC1. The van der Waals surface area contributed by atoms with Gasteiger partial charge in [0.15, 0.2) is 0 Å². The van der Waals surface area contributed by atoms with Crippen LogP contribution in [0.1, 0.15) is 44.6 Å². The zero-order valence-corrected chi connectivity index (χ0v) is 13.6. The molecule has 0 bridgehead atoms. The number of nitrogens with one attached hydrogen (secondary N) is 1. The van der Waals surface area contributed by atoms with Gasteiger partial charge in [-0.25, -0.2) is 0 Å². The first kappa shape index (κ1) is 15.7. The van der Waals surface area contributed by atoms with Crippen molar-refractivity contribution < 1.29 is 0 Å². The van der Waals surface area contributed by atoms with Gasteiger partial charge in [-0.2, -0.15) is 0 Å². The van der Waals surface area contributed by atoms with Crippen molar-refractivity contribution in [3.63, 3.8) is 0 Å². The quantitative estimate of drug-likeness (QED) is 0.587. The summed E-state index contributed by atoms with van der Waals surface area (Å²) in [6, 6.07) is 9.43. The van der Waals surface area contributed by atoms with Gasteiger partial charge in [0.05, 0.1) is 0 Å². The van der Waals surface area contributed by atoms with E-state index >= 15 is 0 Å². The minimum atomic E-state index is 0.546. The lowest BCUT2D eigenvalue weighted by Gasteiger charge is -2.21. The highest BCUT2D eigenvalue weighted by Crippen LogP contribution is 2.25. The number of likely N-dealkylation sites (N-methyl/N-ethyl adjacent to an activating group) is 1. The van der Waals surface area contributed by atoms with Gasteiger partial charge >= 0.3 is 0 Å². The predicted octanol–water partition coefficient (Wildman–Crippen LogP) is 4.96. The molecule has 2 rings (SSSR count). The molecule has 110 valence electrons. The summed E-state index contributed by atoms with van der Waals surface area (Å²) >= 11 is 1.97. The number of hydrogen-bond acceptors (Lipinski definition) is 2. The summed E-state index contributed by atoms with van der Waals surface area (Å²) in [6.07, 6.45) is 9.18. The van der Waals surface area contributed by atoms with E-state index in [1.807, 2.05) is 11.8 Å². The van der Waals surface area contributed by atoms with Crippen LogP contribution in [-0.2, 0) is 0 Å². The Labute approximate surface area is 128 Å². The van der Waals surface area contributed by atoms with Gasteiger partial charge < -0.3 is 5.32 Å². The summed E-state index contributed by atoms with van der Waals surface area (Å²) in [5.41, 5.74) is 2.98. The van der Waals surface area contributed by atoms with Crippen molar-refractivity contribution in [2.75, 3.05) is 12.3 Å². The van der Waals surface area contributed by atoms with Crippen LogP contribution in [-0.4, -0.2) is 18.3 Å². The molecule has 0 radical (unpaired) electrons. The molecule has 1 nitrogen and oxygen atoms in total. The highest BCUT2D eigenvalue weighted by atomic mass is 32.2. The fourth-order valence-electron chi connectivity index (χ4n) is 2.71. The van der Waals surface area contributed by atoms with Crippen molar-refractivity contribution in [1.29, 1.82) is 0 Å². The van der Waals surface area contributed by atoms with Gasteiger partial charge in [-0.05, 0) is 51.3 Å². The summed E-state index contributed by atoms with van der Waals surface area (Å²) in [7, 11) is 0. The molecule has 20 heavy (non-hydrogen) atoms. The Morgan fingerprint density at radius 3 is 2.70 bits per heavy atom. The number of benzene rings is 1. The molecule has 1 atom stereocenters. The predicted molar refractivity (Wildman–Crippen MR) is 90.5 cm³/mol. The highest BCUT2D eigenvalue weighted by molar-refractivity contribution is 7.99. The van der Waals surface area contributed by atoms with Crippen molar-refractivity contribution in [3.8, 4) is 0 Å². The smallest absolute Gasteiger partial charge is 0.0374 e. The van der Waals surface area contributed by atoms with Crippen LogP contribution in [0.5, 0.6) is 0 Å². The summed E-state index contributed by atoms with van der Waals surface area (Å²) in [5, 5.41) is 3.67. The van der Waals surface area contributed by atoms with Crippen molar-refractivity contribution in [2.24, 2.45) is 0 Å². The van der Waals surface area contributed by atoms with E-state index in [2.05, 4.69) is 49.5 Å². The fraction of sp³-hybridized carbons (Fsp3) is 0.556. The second-order valence-electron chi connectivity index (χ2n) is 5.61. The van der Waals surface area contributed by atoms with Crippen LogP contribution in [0.3, 0.4) is 0 Å². The molecule has 1 aliphatic rings. The van der Waals surface area contributed by atoms with Gasteiger partial charge in [0, 0.05) is 16.7 Å². The van der Waals surface area contributed by atoms with Gasteiger partial charge in [0.2, 0.25) is 0 Å². The maximum atomic E-state index is 3.67. The molecular weight excluding hydrogens is 262 g/mol. The third-order valence-electron chi connectivity index (χ3n) is 3.91. The molecule has 0 amide bonds. The van der Waals surface area contributed by atoms with E-state index in [0.29, 0.717) is 6.04 Å². The van der Waals surface area contributed by atoms with Gasteiger partial charge in [0.25, 0.3) is 0 Å². The second-order valence-corrected chi connectivity index (χ2v) is 6.71. The monoisotopic (exact) mass is 289 g/mol. The van der Waals surface area contributed by atoms with Crippen LogP contribution in [0.15, 0.2) is 40.8 Å². The summed E-state index contributed by atoms with van der Waals surface area (Å²) in [6.45, 7) is 5.41. The van der Waals surface area contributed by atoms with Crippen LogP contribution in [0.2, 0.25) is 0 Å². The molecule has 0 saturated carbocycles. The van der Waals surface area contributed by atoms with Gasteiger partial charge in [-0.15, -0.1) is 11.8 Å². The zero-order chi connectivity index (χ0) is 14.2. The lowest BCUT2D eigenvalue weighted by Crippen LogP contribution is -2.33. The largest absolute Gasteiger partial charge is 0.310 e. The van der Waals surface area contributed by atoms with Crippen molar-refractivity contribution in [3.05, 3.63) is 41.5 Å². The summed E-state index contributed by atoms with van der Waals surface area (Å²) in [4.78, 5) is 1.38. The van der Waals surface area contributed by atoms with Crippen LogP contribution in [0.4, 0.5) is 0 Å². The number of hydrogen-bond donors (Lipinski definition) is 1. The van der Waals surface area contributed by atoms with Crippen LogP contribution < -0.4 is 5.32 Å². The second kappa shape index (κ2) is 8.53. The standard InChI is InChI=1S/C18H27NS/c1-3-19-18(16-8-6-4-5-7-9-16)14-20-17-12-10-15(2)11-13-17/h8,10-13,18-19H,3-7,9,14H2,1-2H3. The Hall–Kier alpha value is -0.730. The molecule has 2 heteroatoms. The molecule has 1 aromatic rings. The van der Waals surface area contributed by atoms with E-state index in [0.717, 1.165) is 12.3 Å². The van der Waals surface area contributed by atoms with Gasteiger partial charge in [-0.1, -0.05) is 42.7 Å². The van der Waals surface area contributed by atoms with Crippen LogP contribution >= 0.6 is 11.8 Å². The minimum Gasteiger partial charge on any atom is -0.310 e. The molecule has 1 unspecified atom stereocenters. The van der Waals surface area contributed by atoms with E-state index in [-0.39, 0.29) is 0 Å². The first-order valence-electron chi connectivity index (χ1n) is 7.91. The minimum absolute atomic E-state index is 0.546. The number of aryl methyl sites for hydroxylation is 1. The van der Waals surface area contributed by atoms with E-state index in [1.54, 1.807) is 5.57 Å².